The number of methoxy groups -OCH3 is 1. The minimum absolute atomic E-state index is 0.00698. The minimum Gasteiger partial charge on any atom is -0.383 e. The number of aromatic nitrogens is 13. The van der Waals surface area contributed by atoms with Crippen molar-refractivity contribution >= 4 is 103 Å². The minimum atomic E-state index is -4.74. The standard InChI is InChI=1S/C39H42F4N6O4.C36H47FN6O4.C34H43FN6O5/c1-22-10-11-34(39(41,42)43)46-30(22)16-33(52)31-17-38(40)13-12-32(51)23(2)8-6-5-7-9-26-14-27(28-18-44-25(4)45-19-28)15-29-36(24(3)50)47-49(37(26)29)20-35(53)48(31)21-38;1-22(2)14-23(3)40-35(47)31-17-36(37)13-12-29(45)11-9-7-6-8-10-26-15-27(28-18-38-25(5)39-19-28)16-30-33(24(4)44)41-43(34(26)30)20-32(46)42(31)21-36;1-21(19-46-4)38-33(45)29-15-34(35)12-11-27(43)10-8-6-5-7-9-24-13-25(26-16-36-23(3)37-17-26)14-28-31(22(2)42)39-41(32(24)28)18-30(44)40(29)20-34/h10-11,14-15,18-19,23,31H,5-9,12-13,16-17,20-21H2,1-4H3;15-16,18-19,22-23,31H,6-14,17,20-21H2,1-5H3,(H,40,47);13-14,16-17,21,29H,5-12,15,18-20H2,1-4H3,(H,38,45)/t23-,31+,38-;23-,31+,36-;21-,29+,34-/m111/s1. The molecule has 3 aromatic carbocycles. The molecule has 0 aliphatic carbocycles. The third kappa shape index (κ3) is 26.5. The van der Waals surface area contributed by atoms with Crippen LogP contribution in [-0.4, -0.2) is 230 Å². The predicted octanol–water partition coefficient (Wildman–Crippen LogP) is 17.0. The van der Waals surface area contributed by atoms with Crippen LogP contribution >= 0.6 is 0 Å². The largest absolute Gasteiger partial charge is 0.433 e. The highest BCUT2D eigenvalue weighted by Gasteiger charge is 2.53. The molecule has 13 heterocycles. The summed E-state index contributed by atoms with van der Waals surface area (Å²) >= 11 is 0. The van der Waals surface area contributed by atoms with E-state index in [-0.39, 0.29) is 160 Å². The first-order valence-corrected chi connectivity index (χ1v) is 51.0. The fourth-order valence-corrected chi connectivity index (χ4v) is 21.2. The number of fused-ring (bicyclic) bond motifs is 6. The molecule has 6 bridgehead atoms. The highest BCUT2D eigenvalue weighted by Crippen LogP contribution is 2.44. The van der Waals surface area contributed by atoms with Crippen LogP contribution in [0, 0.1) is 39.5 Å². The molecular weight excluding hydrogens is 1880 g/mol. The number of amides is 5. The van der Waals surface area contributed by atoms with Crippen LogP contribution in [0.1, 0.15) is 292 Å². The third-order valence-electron chi connectivity index (χ3n) is 28.9. The van der Waals surface area contributed by atoms with Crippen molar-refractivity contribution < 1.29 is 88.6 Å². The summed E-state index contributed by atoms with van der Waals surface area (Å²) < 4.78 is 99.6. The van der Waals surface area contributed by atoms with Gasteiger partial charge in [0.05, 0.1) is 60.9 Å². The average Bonchev–Trinajstić information content (AvgIpc) is 1.62. The molecular formula is C109H132F6N18O13. The molecule has 146 heavy (non-hydrogen) atoms. The Morgan fingerprint density at radius 3 is 1.16 bits per heavy atom. The van der Waals surface area contributed by atoms with Crippen molar-refractivity contribution in [3.8, 4) is 33.4 Å². The van der Waals surface area contributed by atoms with Crippen LogP contribution in [0.25, 0.3) is 66.1 Å². The Labute approximate surface area is 844 Å². The van der Waals surface area contributed by atoms with E-state index in [0.29, 0.717) is 107 Å². The van der Waals surface area contributed by atoms with Gasteiger partial charge >= 0.3 is 6.18 Å². The molecule has 0 spiro atoms. The first kappa shape index (κ1) is 109. The van der Waals surface area contributed by atoms with Crippen molar-refractivity contribution in [1.29, 1.82) is 0 Å². The number of nitrogens with zero attached hydrogens (tertiary/aromatic N) is 16. The number of hydrogen-bond acceptors (Lipinski definition) is 23. The molecule has 0 unspecified atom stereocenters. The van der Waals surface area contributed by atoms with Gasteiger partial charge in [-0.25, -0.2) is 48.1 Å². The van der Waals surface area contributed by atoms with Crippen molar-refractivity contribution in [3.63, 3.8) is 0 Å². The second-order valence-electron chi connectivity index (χ2n) is 41.4. The summed E-state index contributed by atoms with van der Waals surface area (Å²) in [6, 6.07) is 9.75. The SMILES string of the molecule is CC(=O)c1nn2c3c(cc(-c4cnc(C)nc4)cc13)CCCCCCC(=O)CC[C@@]1(F)C[C@@H](C(=O)N[C@H](C)CC(C)C)N(C1)C(=O)C2.CC(=O)c1nn2c3c(cc(-c4cnc(C)nc4)cc13)CCCCC[C@@H](C)C(=O)CC[C@@]1(F)C[C@@H](C(=O)Cc3nc(C(F)(F)F)ccc3C)N(C1)C(=O)C2.COC[C@@H](C)NC(=O)[C@@H]1C[C@]2(F)CCC(=O)CCCCCCc3cc(-c4cnc(C)nc4)cc4c(C(C)=O)nn(c34)CC(=O)N1C2. The summed E-state index contributed by atoms with van der Waals surface area (Å²) in [5.41, 5.74) is 3.13. The summed E-state index contributed by atoms with van der Waals surface area (Å²) in [6.07, 6.45) is 17.0. The van der Waals surface area contributed by atoms with Gasteiger partial charge < -0.3 is 30.1 Å². The maximum Gasteiger partial charge on any atom is 0.433 e. The van der Waals surface area contributed by atoms with Crippen LogP contribution in [0.5, 0.6) is 0 Å². The lowest BCUT2D eigenvalue weighted by atomic mass is 9.89. The summed E-state index contributed by atoms with van der Waals surface area (Å²) in [4.78, 5) is 194. The number of ketones is 7. The molecule has 0 saturated carbocycles. The van der Waals surface area contributed by atoms with E-state index < -0.39 is 108 Å². The quantitative estimate of drug-likeness (QED) is 0.0631. The van der Waals surface area contributed by atoms with E-state index in [9.17, 15) is 70.7 Å². The topological polar surface area (TPSA) is 392 Å². The van der Waals surface area contributed by atoms with Crippen LogP contribution in [0.15, 0.2) is 85.7 Å². The van der Waals surface area contributed by atoms with Gasteiger partial charge in [-0.1, -0.05) is 65.4 Å². The van der Waals surface area contributed by atoms with E-state index in [4.69, 9.17) is 4.74 Å². The molecule has 3 saturated heterocycles. The van der Waals surface area contributed by atoms with E-state index in [2.05, 4.69) is 74.7 Å². The molecule has 9 atom stereocenters. The van der Waals surface area contributed by atoms with Crippen molar-refractivity contribution in [3.05, 3.63) is 154 Å². The van der Waals surface area contributed by atoms with Crippen molar-refractivity contribution in [2.24, 2.45) is 11.8 Å². The molecule has 2 N–H and O–H groups in total. The Bertz CT molecular complexity index is 6580. The lowest BCUT2D eigenvalue weighted by Crippen LogP contribution is -2.49. The molecule has 16 rings (SSSR count). The Kier molecular flexibility index (Phi) is 34.9. The van der Waals surface area contributed by atoms with Crippen molar-refractivity contribution in [1.82, 2.24) is 89.6 Å². The Balaban J connectivity index is 0.000000174. The molecule has 10 aromatic rings. The van der Waals surface area contributed by atoms with Gasteiger partial charge in [0.1, 0.15) is 106 Å². The number of aryl methyl sites for hydroxylation is 7. The van der Waals surface area contributed by atoms with Crippen molar-refractivity contribution in [2.45, 2.75) is 336 Å². The van der Waals surface area contributed by atoms with E-state index in [1.165, 1.54) is 60.0 Å². The first-order valence-electron chi connectivity index (χ1n) is 51.0. The van der Waals surface area contributed by atoms with Crippen LogP contribution in [-0.2, 0) is 99.4 Å². The fraction of sp³-hybridized carbons (Fsp3) is 0.541. The van der Waals surface area contributed by atoms with Crippen LogP contribution in [0.3, 0.4) is 0 Å². The average molecular weight is 2020 g/mol. The zero-order valence-corrected chi connectivity index (χ0v) is 85.6. The van der Waals surface area contributed by atoms with Gasteiger partial charge in [0.25, 0.3) is 0 Å². The highest BCUT2D eigenvalue weighted by molar-refractivity contribution is 6.10. The van der Waals surface area contributed by atoms with Crippen LogP contribution in [0.2, 0.25) is 0 Å². The number of alkyl halides is 6. The zero-order valence-electron chi connectivity index (χ0n) is 85.6. The molecule has 31 nitrogen and oxygen atoms in total. The fourth-order valence-electron chi connectivity index (χ4n) is 21.2. The molecule has 778 valence electrons. The smallest absolute Gasteiger partial charge is 0.383 e. The molecule has 6 aliphatic rings. The van der Waals surface area contributed by atoms with Gasteiger partial charge in [-0.2, -0.15) is 28.5 Å². The van der Waals surface area contributed by atoms with Gasteiger partial charge in [-0.15, -0.1) is 0 Å². The number of Topliss-reactive ketones (excluding diaryl/α,β-unsaturated/α-hetero) is 7. The predicted molar refractivity (Wildman–Crippen MR) is 535 cm³/mol. The van der Waals surface area contributed by atoms with Crippen LogP contribution in [0.4, 0.5) is 26.3 Å². The lowest BCUT2D eigenvalue weighted by molar-refractivity contribution is -0.141. The highest BCUT2D eigenvalue weighted by atomic mass is 19.4. The second-order valence-corrected chi connectivity index (χ2v) is 41.4. The maximum atomic E-state index is 16.7. The number of hydrogen-bond donors (Lipinski definition) is 2. The first-order chi connectivity index (χ1) is 69.3. The summed E-state index contributed by atoms with van der Waals surface area (Å²) in [5.74, 6) is -2.13. The van der Waals surface area contributed by atoms with Crippen LogP contribution < -0.4 is 10.6 Å². The number of rotatable bonds is 17. The van der Waals surface area contributed by atoms with Gasteiger partial charge in [0, 0.05) is 167 Å². The number of pyridine rings is 1. The summed E-state index contributed by atoms with van der Waals surface area (Å²) in [7, 11) is 1.52. The van der Waals surface area contributed by atoms with E-state index in [0.717, 1.165) is 132 Å². The monoisotopic (exact) mass is 2020 g/mol. The van der Waals surface area contributed by atoms with Gasteiger partial charge in [-0.3, -0.25) is 71.6 Å². The van der Waals surface area contributed by atoms with E-state index >= 15 is 13.2 Å². The molecule has 3 fully saturated rings. The van der Waals surface area contributed by atoms with Crippen molar-refractivity contribution in [2.75, 3.05) is 33.4 Å². The Morgan fingerprint density at radius 1 is 0.452 bits per heavy atom. The number of carbonyl (C=O) groups is 12. The zero-order chi connectivity index (χ0) is 105. The van der Waals surface area contributed by atoms with Gasteiger partial charge in [-0.05, 0) is 212 Å². The Morgan fingerprint density at radius 2 is 0.801 bits per heavy atom. The molecule has 0 radical (unpaired) electrons. The maximum absolute atomic E-state index is 16.7. The molecule has 37 heteroatoms. The summed E-state index contributed by atoms with van der Waals surface area (Å²) in [5, 5.41) is 21.4. The second kappa shape index (κ2) is 46.8. The number of carbonyl (C=O) groups excluding carboxylic acids is 12. The molecule has 7 aromatic heterocycles. The summed E-state index contributed by atoms with van der Waals surface area (Å²) in [6.45, 7) is 19.0. The normalized spacial score (nSPS) is 22.0. The van der Waals surface area contributed by atoms with E-state index in [1.807, 2.05) is 64.1 Å². The van der Waals surface area contributed by atoms with E-state index in [1.54, 1.807) is 55.7 Å². The number of halogens is 6. The lowest BCUT2D eigenvalue weighted by Gasteiger charge is -2.26. The molecule has 6 aliphatic heterocycles. The van der Waals surface area contributed by atoms with Gasteiger partial charge in [0.15, 0.2) is 23.1 Å². The Hall–Kier alpha value is -13.0. The molecule has 5 amide bonds. The number of nitrogens with one attached hydrogen (secondary N) is 2. The van der Waals surface area contributed by atoms with Gasteiger partial charge in [0.2, 0.25) is 29.5 Å². The number of ether oxygens (including phenoxy) is 1. The number of benzene rings is 3. The third-order valence-corrected chi connectivity index (χ3v) is 28.9.